The first-order chi connectivity index (χ1) is 10.3. The highest BCUT2D eigenvalue weighted by Gasteiger charge is 2.16. The molecule has 0 saturated carbocycles. The average molecular weight is 314 g/mol. The van der Waals surface area contributed by atoms with Crippen molar-refractivity contribution in [1.29, 1.82) is 0 Å². The third-order valence-corrected chi connectivity index (χ3v) is 5.52. The molecule has 0 radical (unpaired) electrons. The number of thioether (sulfide) groups is 1. The van der Waals surface area contributed by atoms with Gasteiger partial charge in [0.15, 0.2) is 0 Å². The fourth-order valence-electron chi connectivity index (χ4n) is 2.39. The summed E-state index contributed by atoms with van der Waals surface area (Å²) in [7, 11) is 0. The fraction of sp³-hybridized carbons (Fsp3) is 0.294. The Kier molecular flexibility index (Phi) is 4.56. The van der Waals surface area contributed by atoms with Gasteiger partial charge in [-0.3, -0.25) is 0 Å². The molecule has 0 aliphatic heterocycles. The van der Waals surface area contributed by atoms with Crippen molar-refractivity contribution in [2.24, 2.45) is 0 Å². The molecule has 1 aromatic carbocycles. The maximum absolute atomic E-state index is 4.54. The molecule has 2 nitrogen and oxygen atoms in total. The van der Waals surface area contributed by atoms with Crippen LogP contribution in [0.25, 0.3) is 21.3 Å². The van der Waals surface area contributed by atoms with E-state index in [1.54, 1.807) is 17.7 Å². The first-order valence-electron chi connectivity index (χ1n) is 7.23. The van der Waals surface area contributed by atoms with E-state index in [2.05, 4.69) is 54.1 Å². The summed E-state index contributed by atoms with van der Waals surface area (Å²) < 4.78 is 0. The van der Waals surface area contributed by atoms with E-state index in [1.807, 2.05) is 11.8 Å². The molecule has 3 rings (SSSR count). The maximum atomic E-state index is 4.54. The Balaban J connectivity index is 2.13. The van der Waals surface area contributed by atoms with Crippen LogP contribution in [0, 0.1) is 6.92 Å². The average Bonchev–Trinajstić information content (AvgIpc) is 2.85. The molecule has 2 aromatic heterocycles. The molecule has 4 heteroatoms. The van der Waals surface area contributed by atoms with Crippen molar-refractivity contribution < 1.29 is 0 Å². The minimum absolute atomic E-state index is 1.10. The van der Waals surface area contributed by atoms with Crippen molar-refractivity contribution in [3.63, 3.8) is 0 Å². The van der Waals surface area contributed by atoms with E-state index < -0.39 is 0 Å². The van der Waals surface area contributed by atoms with Crippen LogP contribution in [-0.4, -0.2) is 15.7 Å². The van der Waals surface area contributed by atoms with Gasteiger partial charge in [0.2, 0.25) is 0 Å². The maximum Gasteiger partial charge on any atom is 0.128 e. The minimum Gasteiger partial charge on any atom is -0.229 e. The Morgan fingerprint density at radius 2 is 1.95 bits per heavy atom. The zero-order valence-corrected chi connectivity index (χ0v) is 13.9. The van der Waals surface area contributed by atoms with Gasteiger partial charge in [0.25, 0.3) is 0 Å². The summed E-state index contributed by atoms with van der Waals surface area (Å²) in [5.41, 5.74) is 2.56. The third-order valence-electron chi connectivity index (χ3n) is 3.43. The van der Waals surface area contributed by atoms with Crippen LogP contribution >= 0.6 is 23.1 Å². The van der Waals surface area contributed by atoms with E-state index >= 15 is 0 Å². The SMILES string of the molecule is CCCCSc1ncnc2sc(C)c(-c3ccccc3)c12. The van der Waals surface area contributed by atoms with E-state index in [0.717, 1.165) is 15.6 Å². The van der Waals surface area contributed by atoms with E-state index in [1.165, 1.54) is 34.2 Å². The highest BCUT2D eigenvalue weighted by Crippen LogP contribution is 2.41. The van der Waals surface area contributed by atoms with Crippen LogP contribution in [0.15, 0.2) is 41.7 Å². The van der Waals surface area contributed by atoms with E-state index in [4.69, 9.17) is 0 Å². The van der Waals surface area contributed by atoms with Gasteiger partial charge in [-0.15, -0.1) is 23.1 Å². The van der Waals surface area contributed by atoms with Crippen LogP contribution in [0.2, 0.25) is 0 Å². The summed E-state index contributed by atoms with van der Waals surface area (Å²) in [4.78, 5) is 11.4. The van der Waals surface area contributed by atoms with Crippen LogP contribution in [0.1, 0.15) is 24.6 Å². The second kappa shape index (κ2) is 6.58. The first-order valence-corrected chi connectivity index (χ1v) is 9.03. The molecule has 0 amide bonds. The lowest BCUT2D eigenvalue weighted by atomic mass is 10.0. The number of aryl methyl sites for hydroxylation is 1. The van der Waals surface area contributed by atoms with Crippen molar-refractivity contribution in [2.45, 2.75) is 31.7 Å². The van der Waals surface area contributed by atoms with Crippen LogP contribution in [0.3, 0.4) is 0 Å². The Bertz CT molecular complexity index is 735. The zero-order valence-electron chi connectivity index (χ0n) is 12.3. The Hall–Kier alpha value is -1.39. The summed E-state index contributed by atoms with van der Waals surface area (Å²) in [6.45, 7) is 4.40. The summed E-state index contributed by atoms with van der Waals surface area (Å²) in [5, 5.41) is 2.35. The molecule has 21 heavy (non-hydrogen) atoms. The van der Waals surface area contributed by atoms with E-state index in [0.29, 0.717) is 0 Å². The van der Waals surface area contributed by atoms with Crippen LogP contribution in [-0.2, 0) is 0 Å². The molecule has 0 atom stereocenters. The number of nitrogens with zero attached hydrogens (tertiary/aromatic N) is 2. The topological polar surface area (TPSA) is 25.8 Å². The number of benzene rings is 1. The molecule has 2 heterocycles. The molecule has 3 aromatic rings. The normalized spacial score (nSPS) is 11.1. The Labute approximate surface area is 133 Å². The van der Waals surface area contributed by atoms with Crippen molar-refractivity contribution in [2.75, 3.05) is 5.75 Å². The minimum atomic E-state index is 1.10. The van der Waals surface area contributed by atoms with Crippen molar-refractivity contribution >= 4 is 33.3 Å². The Morgan fingerprint density at radius 1 is 1.14 bits per heavy atom. The number of hydrogen-bond acceptors (Lipinski definition) is 4. The van der Waals surface area contributed by atoms with Gasteiger partial charge in [-0.2, -0.15) is 0 Å². The van der Waals surface area contributed by atoms with E-state index in [-0.39, 0.29) is 0 Å². The Morgan fingerprint density at radius 3 is 2.71 bits per heavy atom. The van der Waals surface area contributed by atoms with Gasteiger partial charge in [0.05, 0.1) is 5.39 Å². The third kappa shape index (κ3) is 2.97. The number of unbranched alkanes of at least 4 members (excludes halogenated alkanes) is 1. The molecule has 0 saturated heterocycles. The standard InChI is InChI=1S/C17H18N2S2/c1-3-4-10-20-16-15-14(13-8-6-5-7-9-13)12(2)21-17(15)19-11-18-16/h5-9,11H,3-4,10H2,1-2H3. The molecule has 0 aliphatic carbocycles. The molecule has 0 fully saturated rings. The predicted octanol–water partition coefficient (Wildman–Crippen LogP) is 5.56. The quantitative estimate of drug-likeness (QED) is 0.350. The second-order valence-corrected chi connectivity index (χ2v) is 7.25. The van der Waals surface area contributed by atoms with Gasteiger partial charge >= 0.3 is 0 Å². The number of fused-ring (bicyclic) bond motifs is 1. The van der Waals surface area contributed by atoms with Crippen LogP contribution < -0.4 is 0 Å². The van der Waals surface area contributed by atoms with Crippen molar-refractivity contribution in [3.8, 4) is 11.1 Å². The molecular formula is C17H18N2S2. The highest BCUT2D eigenvalue weighted by atomic mass is 32.2. The predicted molar refractivity (Wildman–Crippen MR) is 93.2 cm³/mol. The van der Waals surface area contributed by atoms with Gasteiger partial charge in [-0.05, 0) is 24.7 Å². The largest absolute Gasteiger partial charge is 0.229 e. The van der Waals surface area contributed by atoms with Gasteiger partial charge in [-0.1, -0.05) is 43.7 Å². The number of aromatic nitrogens is 2. The molecule has 0 spiro atoms. The fourth-order valence-corrected chi connectivity index (χ4v) is 4.56. The summed E-state index contributed by atoms with van der Waals surface area (Å²) in [6, 6.07) is 10.6. The van der Waals surface area contributed by atoms with Crippen LogP contribution in [0.5, 0.6) is 0 Å². The van der Waals surface area contributed by atoms with Crippen molar-refractivity contribution in [3.05, 3.63) is 41.5 Å². The zero-order chi connectivity index (χ0) is 14.7. The lowest BCUT2D eigenvalue weighted by Crippen LogP contribution is -1.88. The lowest BCUT2D eigenvalue weighted by molar-refractivity contribution is 0.895. The van der Waals surface area contributed by atoms with E-state index in [9.17, 15) is 0 Å². The van der Waals surface area contributed by atoms with Gasteiger partial charge < -0.3 is 0 Å². The van der Waals surface area contributed by atoms with Gasteiger partial charge in [-0.25, -0.2) is 9.97 Å². The van der Waals surface area contributed by atoms with Crippen LogP contribution in [0.4, 0.5) is 0 Å². The molecular weight excluding hydrogens is 296 g/mol. The number of thiophene rings is 1. The molecule has 108 valence electrons. The lowest BCUT2D eigenvalue weighted by Gasteiger charge is -2.06. The monoisotopic (exact) mass is 314 g/mol. The van der Waals surface area contributed by atoms with Crippen molar-refractivity contribution in [1.82, 2.24) is 9.97 Å². The molecule has 0 aliphatic rings. The number of rotatable bonds is 5. The van der Waals surface area contributed by atoms with Gasteiger partial charge in [0.1, 0.15) is 16.2 Å². The smallest absolute Gasteiger partial charge is 0.128 e. The number of hydrogen-bond donors (Lipinski definition) is 0. The summed E-state index contributed by atoms with van der Waals surface area (Å²) in [6.07, 6.45) is 4.14. The molecule has 0 unspecified atom stereocenters. The second-order valence-electron chi connectivity index (χ2n) is 4.96. The van der Waals surface area contributed by atoms with Gasteiger partial charge in [0, 0.05) is 10.4 Å². The first kappa shape index (κ1) is 14.5. The summed E-state index contributed by atoms with van der Waals surface area (Å²) in [5.74, 6) is 1.12. The molecule has 0 N–H and O–H groups in total. The summed E-state index contributed by atoms with van der Waals surface area (Å²) >= 11 is 3.61. The highest BCUT2D eigenvalue weighted by molar-refractivity contribution is 7.99. The molecule has 0 bridgehead atoms.